The molecule has 1 aromatic rings. The Bertz CT molecular complexity index is 362. The minimum absolute atomic E-state index is 0.0293. The van der Waals surface area contributed by atoms with E-state index < -0.39 is 12.8 Å². The van der Waals surface area contributed by atoms with Gasteiger partial charge < -0.3 is 10.1 Å². The lowest BCUT2D eigenvalue weighted by Crippen LogP contribution is -2.24. The maximum absolute atomic E-state index is 11.8. The summed E-state index contributed by atoms with van der Waals surface area (Å²) in [6.07, 6.45) is -4.26. The van der Waals surface area contributed by atoms with Crippen LogP contribution in [0, 0.1) is 0 Å². The summed E-state index contributed by atoms with van der Waals surface area (Å²) in [5.74, 6) is 0. The molecule has 0 saturated heterocycles. The molecule has 0 aliphatic carbocycles. The van der Waals surface area contributed by atoms with Crippen molar-refractivity contribution in [2.45, 2.75) is 6.18 Å². The third-order valence-corrected chi connectivity index (χ3v) is 2.21. The summed E-state index contributed by atoms with van der Waals surface area (Å²) in [6, 6.07) is 9.60. The molecule has 18 heavy (non-hydrogen) atoms. The lowest BCUT2D eigenvalue weighted by atomic mass is 10.1. The Morgan fingerprint density at radius 3 is 2.50 bits per heavy atom. The van der Waals surface area contributed by atoms with E-state index in [9.17, 15) is 13.2 Å². The zero-order valence-corrected chi connectivity index (χ0v) is 9.96. The molecule has 0 aliphatic rings. The number of alkyl halides is 3. The Morgan fingerprint density at radius 1 is 1.22 bits per heavy atom. The lowest BCUT2D eigenvalue weighted by molar-refractivity contribution is -0.173. The Kier molecular flexibility index (Phi) is 5.88. The van der Waals surface area contributed by atoms with Gasteiger partial charge in [0.15, 0.2) is 0 Å². The fourth-order valence-corrected chi connectivity index (χ4v) is 1.35. The molecule has 0 bridgehead atoms. The summed E-state index contributed by atoms with van der Waals surface area (Å²) in [5.41, 5.74) is 1.91. The summed E-state index contributed by atoms with van der Waals surface area (Å²) < 4.78 is 39.7. The van der Waals surface area contributed by atoms with Gasteiger partial charge >= 0.3 is 6.18 Å². The number of hydrogen-bond donors (Lipinski definition) is 1. The highest BCUT2D eigenvalue weighted by Crippen LogP contribution is 2.14. The number of rotatable bonds is 7. The second-order valence-electron chi connectivity index (χ2n) is 3.81. The van der Waals surface area contributed by atoms with Crippen LogP contribution in [0.5, 0.6) is 0 Å². The van der Waals surface area contributed by atoms with E-state index in [1.807, 2.05) is 30.3 Å². The largest absolute Gasteiger partial charge is 0.411 e. The van der Waals surface area contributed by atoms with Gasteiger partial charge in [-0.3, -0.25) is 0 Å². The predicted octanol–water partition coefficient (Wildman–Crippen LogP) is 2.87. The van der Waals surface area contributed by atoms with Gasteiger partial charge in [-0.05, 0) is 11.1 Å². The zero-order chi connectivity index (χ0) is 13.4. The highest BCUT2D eigenvalue weighted by Gasteiger charge is 2.27. The molecule has 0 fully saturated rings. The Hall–Kier alpha value is -1.33. The molecule has 0 unspecified atom stereocenters. The van der Waals surface area contributed by atoms with Gasteiger partial charge in [0.1, 0.15) is 6.61 Å². The normalized spacial score (nSPS) is 11.5. The van der Waals surface area contributed by atoms with Crippen LogP contribution >= 0.6 is 0 Å². The number of nitrogens with one attached hydrogen (secondary N) is 1. The SMILES string of the molecule is C=C(CNCCOCC(F)(F)F)c1ccccc1. The van der Waals surface area contributed by atoms with E-state index in [4.69, 9.17) is 0 Å². The van der Waals surface area contributed by atoms with Crippen LogP contribution in [-0.4, -0.2) is 32.5 Å². The third-order valence-electron chi connectivity index (χ3n) is 2.21. The Labute approximate surface area is 104 Å². The summed E-state index contributed by atoms with van der Waals surface area (Å²) in [4.78, 5) is 0. The van der Waals surface area contributed by atoms with Gasteiger partial charge in [-0.15, -0.1) is 0 Å². The van der Waals surface area contributed by atoms with Crippen LogP contribution in [0.15, 0.2) is 36.9 Å². The molecule has 1 rings (SSSR count). The minimum Gasteiger partial charge on any atom is -0.371 e. The molecule has 0 heterocycles. The van der Waals surface area contributed by atoms with Gasteiger partial charge in [-0.1, -0.05) is 36.9 Å². The van der Waals surface area contributed by atoms with Crippen LogP contribution in [0.2, 0.25) is 0 Å². The van der Waals surface area contributed by atoms with Crippen molar-refractivity contribution in [1.82, 2.24) is 5.32 Å². The Balaban J connectivity index is 2.10. The van der Waals surface area contributed by atoms with Crippen LogP contribution < -0.4 is 5.32 Å². The van der Waals surface area contributed by atoms with Gasteiger partial charge in [0, 0.05) is 13.1 Å². The maximum atomic E-state index is 11.8. The molecule has 5 heteroatoms. The number of halogens is 3. The molecule has 100 valence electrons. The number of benzene rings is 1. The van der Waals surface area contributed by atoms with Crippen molar-refractivity contribution < 1.29 is 17.9 Å². The van der Waals surface area contributed by atoms with Crippen LogP contribution in [0.1, 0.15) is 5.56 Å². The van der Waals surface area contributed by atoms with E-state index in [0.29, 0.717) is 13.1 Å². The van der Waals surface area contributed by atoms with Gasteiger partial charge in [0.25, 0.3) is 0 Å². The third kappa shape index (κ3) is 6.42. The monoisotopic (exact) mass is 259 g/mol. The smallest absolute Gasteiger partial charge is 0.371 e. The standard InChI is InChI=1S/C13H16F3NO/c1-11(12-5-3-2-4-6-12)9-17-7-8-18-10-13(14,15)16/h2-6,17H,1,7-10H2. The maximum Gasteiger partial charge on any atom is 0.411 e. The van der Waals surface area contributed by atoms with Crippen LogP contribution in [0.25, 0.3) is 5.57 Å². The first-order valence-electron chi connectivity index (χ1n) is 5.57. The molecule has 1 N–H and O–H groups in total. The highest BCUT2D eigenvalue weighted by atomic mass is 19.4. The van der Waals surface area contributed by atoms with Crippen molar-refractivity contribution in [3.63, 3.8) is 0 Å². The van der Waals surface area contributed by atoms with Crippen molar-refractivity contribution in [3.8, 4) is 0 Å². The minimum atomic E-state index is -4.26. The number of hydrogen-bond acceptors (Lipinski definition) is 2. The predicted molar refractivity (Wildman–Crippen MR) is 65.2 cm³/mol. The highest BCUT2D eigenvalue weighted by molar-refractivity contribution is 5.64. The zero-order valence-electron chi connectivity index (χ0n) is 9.96. The van der Waals surface area contributed by atoms with E-state index in [2.05, 4.69) is 16.6 Å². The van der Waals surface area contributed by atoms with Crippen LogP contribution in [0.4, 0.5) is 13.2 Å². The second kappa shape index (κ2) is 7.18. The molecule has 0 aromatic heterocycles. The number of ether oxygens (including phenoxy) is 1. The van der Waals surface area contributed by atoms with Crippen molar-refractivity contribution in [2.75, 3.05) is 26.3 Å². The Morgan fingerprint density at radius 2 is 1.89 bits per heavy atom. The van der Waals surface area contributed by atoms with Crippen molar-refractivity contribution in [3.05, 3.63) is 42.5 Å². The van der Waals surface area contributed by atoms with Crippen LogP contribution in [0.3, 0.4) is 0 Å². The molecule has 0 atom stereocenters. The van der Waals surface area contributed by atoms with E-state index in [0.717, 1.165) is 11.1 Å². The van der Waals surface area contributed by atoms with Crippen molar-refractivity contribution in [1.29, 1.82) is 0 Å². The topological polar surface area (TPSA) is 21.3 Å². The van der Waals surface area contributed by atoms with E-state index in [-0.39, 0.29) is 6.61 Å². The fourth-order valence-electron chi connectivity index (χ4n) is 1.35. The molecule has 0 radical (unpaired) electrons. The van der Waals surface area contributed by atoms with Crippen molar-refractivity contribution >= 4 is 5.57 Å². The molecular weight excluding hydrogens is 243 g/mol. The van der Waals surface area contributed by atoms with Crippen molar-refractivity contribution in [2.24, 2.45) is 0 Å². The second-order valence-corrected chi connectivity index (χ2v) is 3.81. The summed E-state index contributed by atoms with van der Waals surface area (Å²) in [5, 5.41) is 2.98. The van der Waals surface area contributed by atoms with Gasteiger partial charge in [-0.25, -0.2) is 0 Å². The average Bonchev–Trinajstić information content (AvgIpc) is 2.33. The molecule has 2 nitrogen and oxygen atoms in total. The molecule has 0 aliphatic heterocycles. The molecular formula is C13H16F3NO. The quantitative estimate of drug-likeness (QED) is 0.760. The van der Waals surface area contributed by atoms with Gasteiger partial charge in [-0.2, -0.15) is 13.2 Å². The molecule has 0 saturated carbocycles. The fraction of sp³-hybridized carbons (Fsp3) is 0.385. The van der Waals surface area contributed by atoms with E-state index in [1.54, 1.807) is 0 Å². The van der Waals surface area contributed by atoms with Gasteiger partial charge in [0.05, 0.1) is 6.61 Å². The average molecular weight is 259 g/mol. The van der Waals surface area contributed by atoms with E-state index in [1.165, 1.54) is 0 Å². The first-order chi connectivity index (χ1) is 8.49. The summed E-state index contributed by atoms with van der Waals surface area (Å²) in [6.45, 7) is 3.62. The lowest BCUT2D eigenvalue weighted by Gasteiger charge is -2.09. The molecule has 1 aromatic carbocycles. The summed E-state index contributed by atoms with van der Waals surface area (Å²) in [7, 11) is 0. The molecule has 0 spiro atoms. The van der Waals surface area contributed by atoms with Gasteiger partial charge in [0.2, 0.25) is 0 Å². The van der Waals surface area contributed by atoms with Crippen LogP contribution in [-0.2, 0) is 4.74 Å². The van der Waals surface area contributed by atoms with E-state index >= 15 is 0 Å². The molecule has 0 amide bonds. The first kappa shape index (κ1) is 14.7. The summed E-state index contributed by atoms with van der Waals surface area (Å²) >= 11 is 0. The first-order valence-corrected chi connectivity index (χ1v) is 5.57.